The molecule has 0 bridgehead atoms. The maximum Gasteiger partial charge on any atom is 0.410 e. The molecule has 0 spiro atoms. The van der Waals surface area contributed by atoms with Gasteiger partial charge < -0.3 is 19.6 Å². The summed E-state index contributed by atoms with van der Waals surface area (Å²) < 4.78 is 5.34. The minimum atomic E-state index is -1.06. The van der Waals surface area contributed by atoms with E-state index in [2.05, 4.69) is 4.98 Å². The largest absolute Gasteiger partial charge is 0.477 e. The van der Waals surface area contributed by atoms with Crippen LogP contribution in [0, 0.1) is 0 Å². The summed E-state index contributed by atoms with van der Waals surface area (Å²) in [5.74, 6) is -1.23. The lowest BCUT2D eigenvalue weighted by molar-refractivity contribution is -0.132. The first-order valence-corrected chi connectivity index (χ1v) is 9.40. The van der Waals surface area contributed by atoms with Crippen molar-refractivity contribution in [1.82, 2.24) is 14.8 Å². The van der Waals surface area contributed by atoms with E-state index in [1.165, 1.54) is 0 Å². The Morgan fingerprint density at radius 1 is 1.15 bits per heavy atom. The van der Waals surface area contributed by atoms with Crippen LogP contribution in [-0.4, -0.2) is 69.6 Å². The Hall–Kier alpha value is -2.16. The Labute approximate surface area is 156 Å². The zero-order valence-electron chi connectivity index (χ0n) is 15.6. The Bertz CT molecular complexity index is 687. The summed E-state index contributed by atoms with van der Waals surface area (Å²) in [6.07, 6.45) is 0.211. The smallest absolute Gasteiger partial charge is 0.410 e. The fourth-order valence-corrected chi connectivity index (χ4v) is 3.42. The number of hydrogen-bond acceptors (Lipinski definition) is 6. The van der Waals surface area contributed by atoms with Crippen LogP contribution in [0.1, 0.15) is 48.1 Å². The highest BCUT2D eigenvalue weighted by Crippen LogP contribution is 2.21. The third-order valence-electron chi connectivity index (χ3n) is 3.84. The van der Waals surface area contributed by atoms with Gasteiger partial charge in [0.25, 0.3) is 0 Å². The molecule has 1 aromatic heterocycles. The first kappa shape index (κ1) is 20.2. The Morgan fingerprint density at radius 3 is 2.23 bits per heavy atom. The van der Waals surface area contributed by atoms with Gasteiger partial charge >= 0.3 is 12.1 Å². The number of piperazine rings is 1. The minimum absolute atomic E-state index is 0.0371. The van der Waals surface area contributed by atoms with Crippen molar-refractivity contribution in [3.05, 3.63) is 15.6 Å². The van der Waals surface area contributed by atoms with Crippen molar-refractivity contribution in [2.75, 3.05) is 26.2 Å². The Balaban J connectivity index is 1.94. The van der Waals surface area contributed by atoms with E-state index in [1.807, 2.05) is 27.7 Å². The van der Waals surface area contributed by atoms with Crippen molar-refractivity contribution in [1.29, 1.82) is 0 Å². The lowest BCUT2D eigenvalue weighted by Gasteiger charge is -2.35. The first-order chi connectivity index (χ1) is 12.1. The molecule has 1 aliphatic rings. The lowest BCUT2D eigenvalue weighted by atomic mass is 10.2. The molecule has 1 fully saturated rings. The number of aryl methyl sites for hydroxylation is 1. The van der Waals surface area contributed by atoms with E-state index in [4.69, 9.17) is 4.74 Å². The van der Waals surface area contributed by atoms with Gasteiger partial charge in [-0.3, -0.25) is 4.79 Å². The van der Waals surface area contributed by atoms with Crippen LogP contribution in [0.5, 0.6) is 0 Å². The standard InChI is InChI=1S/C17H25N3O5S/c1-5-12-18-11(14(26-12)15(22)23)10-13(21)19-6-8-20(9-7-19)16(24)25-17(2,3)4/h5-10H2,1-4H3,(H,22,23). The highest BCUT2D eigenvalue weighted by atomic mass is 32.1. The number of aromatic nitrogens is 1. The molecule has 0 aromatic carbocycles. The molecular weight excluding hydrogens is 358 g/mol. The van der Waals surface area contributed by atoms with Gasteiger partial charge in [0, 0.05) is 26.2 Å². The molecule has 1 N–H and O–H groups in total. The van der Waals surface area contributed by atoms with Gasteiger partial charge in [-0.15, -0.1) is 11.3 Å². The van der Waals surface area contributed by atoms with Crippen LogP contribution in [0.4, 0.5) is 4.79 Å². The van der Waals surface area contributed by atoms with E-state index < -0.39 is 11.6 Å². The third kappa shape index (κ3) is 5.17. The second kappa shape index (κ2) is 8.03. The number of hydrogen-bond donors (Lipinski definition) is 1. The van der Waals surface area contributed by atoms with Crippen molar-refractivity contribution >= 4 is 29.3 Å². The number of carbonyl (C=O) groups is 3. The summed E-state index contributed by atoms with van der Waals surface area (Å²) in [5.41, 5.74) is -0.238. The maximum absolute atomic E-state index is 12.5. The molecule has 0 atom stereocenters. The highest BCUT2D eigenvalue weighted by molar-refractivity contribution is 7.13. The monoisotopic (exact) mass is 383 g/mol. The highest BCUT2D eigenvalue weighted by Gasteiger charge is 2.29. The quantitative estimate of drug-likeness (QED) is 0.854. The number of carboxylic acids is 1. The average Bonchev–Trinajstić information content (AvgIpc) is 2.96. The molecule has 144 valence electrons. The van der Waals surface area contributed by atoms with Crippen LogP contribution < -0.4 is 0 Å². The summed E-state index contributed by atoms with van der Waals surface area (Å²) in [4.78, 5) is 43.5. The van der Waals surface area contributed by atoms with Gasteiger partial charge in [-0.1, -0.05) is 6.92 Å². The molecule has 0 unspecified atom stereocenters. The van der Waals surface area contributed by atoms with Crippen LogP contribution in [-0.2, 0) is 22.4 Å². The van der Waals surface area contributed by atoms with E-state index >= 15 is 0 Å². The van der Waals surface area contributed by atoms with E-state index in [0.717, 1.165) is 11.3 Å². The molecule has 2 heterocycles. The molecular formula is C17H25N3O5S. The fourth-order valence-electron chi connectivity index (χ4n) is 2.56. The molecule has 26 heavy (non-hydrogen) atoms. The van der Waals surface area contributed by atoms with Gasteiger partial charge in [0.1, 0.15) is 10.5 Å². The number of thiazole rings is 1. The maximum atomic E-state index is 12.5. The van der Waals surface area contributed by atoms with Gasteiger partial charge in [0.2, 0.25) is 5.91 Å². The topological polar surface area (TPSA) is 100 Å². The molecule has 2 rings (SSSR count). The normalized spacial score (nSPS) is 15.1. The average molecular weight is 383 g/mol. The molecule has 0 saturated carbocycles. The Kier molecular flexibility index (Phi) is 6.22. The number of carboxylic acid groups (broad SMARTS) is 1. The first-order valence-electron chi connectivity index (χ1n) is 8.58. The number of aromatic carboxylic acids is 1. The number of ether oxygens (including phenoxy) is 1. The molecule has 0 radical (unpaired) electrons. The summed E-state index contributed by atoms with van der Waals surface area (Å²) in [6.45, 7) is 8.89. The van der Waals surface area contributed by atoms with Gasteiger partial charge in [0.15, 0.2) is 0 Å². The van der Waals surface area contributed by atoms with Crippen LogP contribution in [0.15, 0.2) is 0 Å². The van der Waals surface area contributed by atoms with Gasteiger partial charge in [-0.05, 0) is 27.2 Å². The van der Waals surface area contributed by atoms with Crippen molar-refractivity contribution in [2.45, 2.75) is 46.1 Å². The zero-order chi connectivity index (χ0) is 19.5. The minimum Gasteiger partial charge on any atom is -0.477 e. The second-order valence-electron chi connectivity index (χ2n) is 7.07. The van der Waals surface area contributed by atoms with Crippen molar-refractivity contribution < 1.29 is 24.2 Å². The van der Waals surface area contributed by atoms with E-state index in [1.54, 1.807) is 9.80 Å². The molecule has 2 amide bonds. The Morgan fingerprint density at radius 2 is 1.73 bits per heavy atom. The predicted molar refractivity (Wildman–Crippen MR) is 96.5 cm³/mol. The van der Waals surface area contributed by atoms with Gasteiger partial charge in [-0.2, -0.15) is 0 Å². The van der Waals surface area contributed by atoms with Gasteiger partial charge in [-0.25, -0.2) is 14.6 Å². The summed E-state index contributed by atoms with van der Waals surface area (Å²) in [7, 11) is 0. The summed E-state index contributed by atoms with van der Waals surface area (Å²) >= 11 is 1.11. The summed E-state index contributed by atoms with van der Waals surface area (Å²) in [5, 5.41) is 9.98. The van der Waals surface area contributed by atoms with Crippen LogP contribution in [0.3, 0.4) is 0 Å². The number of carbonyl (C=O) groups excluding carboxylic acids is 2. The van der Waals surface area contributed by atoms with Crippen molar-refractivity contribution in [3.63, 3.8) is 0 Å². The SMILES string of the molecule is CCc1nc(CC(=O)N2CCN(C(=O)OC(C)(C)C)CC2)c(C(=O)O)s1. The fraction of sp³-hybridized carbons (Fsp3) is 0.647. The molecule has 9 heteroatoms. The lowest BCUT2D eigenvalue weighted by Crippen LogP contribution is -2.52. The molecule has 0 aliphatic carbocycles. The van der Waals surface area contributed by atoms with Gasteiger partial charge in [0.05, 0.1) is 17.1 Å². The van der Waals surface area contributed by atoms with E-state index in [9.17, 15) is 19.5 Å². The van der Waals surface area contributed by atoms with Crippen molar-refractivity contribution in [3.8, 4) is 0 Å². The van der Waals surface area contributed by atoms with Crippen molar-refractivity contribution in [2.24, 2.45) is 0 Å². The number of nitrogens with zero attached hydrogens (tertiary/aromatic N) is 3. The molecule has 1 aliphatic heterocycles. The second-order valence-corrected chi connectivity index (χ2v) is 8.15. The van der Waals surface area contributed by atoms with E-state index in [-0.39, 0.29) is 23.3 Å². The number of rotatable bonds is 4. The van der Waals surface area contributed by atoms with Crippen LogP contribution in [0.25, 0.3) is 0 Å². The number of amides is 2. The molecule has 1 saturated heterocycles. The molecule has 1 aromatic rings. The predicted octanol–water partition coefficient (Wildman–Crippen LogP) is 2.03. The third-order valence-corrected chi connectivity index (χ3v) is 5.07. The van der Waals surface area contributed by atoms with Crippen LogP contribution >= 0.6 is 11.3 Å². The summed E-state index contributed by atoms with van der Waals surface area (Å²) in [6, 6.07) is 0. The molecule has 8 nitrogen and oxygen atoms in total. The van der Waals surface area contributed by atoms with E-state index in [0.29, 0.717) is 43.3 Å². The zero-order valence-corrected chi connectivity index (χ0v) is 16.4. The van der Waals surface area contributed by atoms with Crippen LogP contribution in [0.2, 0.25) is 0 Å².